The van der Waals surface area contributed by atoms with E-state index < -0.39 is 0 Å². The van der Waals surface area contributed by atoms with Crippen molar-refractivity contribution >= 4 is 29.9 Å². The van der Waals surface area contributed by atoms with Gasteiger partial charge >= 0.3 is 0 Å². The summed E-state index contributed by atoms with van der Waals surface area (Å²) >= 11 is 0. The molecule has 1 saturated carbocycles. The second kappa shape index (κ2) is 13.3. The fourth-order valence-corrected chi connectivity index (χ4v) is 3.14. The van der Waals surface area contributed by atoms with Gasteiger partial charge in [0.15, 0.2) is 5.96 Å². The molecule has 3 atom stereocenters. The Bertz CT molecular complexity index is 513. The highest BCUT2D eigenvalue weighted by Crippen LogP contribution is 2.25. The van der Waals surface area contributed by atoms with Gasteiger partial charge in [-0.25, -0.2) is 0 Å². The number of ether oxygens (including phenoxy) is 1. The minimum atomic E-state index is -0.181. The van der Waals surface area contributed by atoms with Crippen LogP contribution in [0.1, 0.15) is 51.2 Å². The molecule has 1 aromatic carbocycles. The van der Waals surface area contributed by atoms with Gasteiger partial charge in [-0.05, 0) is 38.7 Å². The lowest BCUT2D eigenvalue weighted by molar-refractivity contribution is 0.0646. The van der Waals surface area contributed by atoms with Crippen molar-refractivity contribution in [3.8, 4) is 0 Å². The summed E-state index contributed by atoms with van der Waals surface area (Å²) in [6, 6.07) is 10.3. The van der Waals surface area contributed by atoms with Crippen LogP contribution in [0.5, 0.6) is 0 Å². The highest BCUT2D eigenvalue weighted by atomic mass is 127. The van der Waals surface area contributed by atoms with Gasteiger partial charge in [0.1, 0.15) is 0 Å². The molecule has 0 saturated heterocycles. The highest BCUT2D eigenvalue weighted by Gasteiger charge is 2.24. The molecular formula is C20H34IN3O2. The van der Waals surface area contributed by atoms with Crippen molar-refractivity contribution in [2.24, 2.45) is 10.9 Å². The van der Waals surface area contributed by atoms with Gasteiger partial charge in [-0.15, -0.1) is 24.0 Å². The Kier molecular flexibility index (Phi) is 11.9. The van der Waals surface area contributed by atoms with Gasteiger partial charge in [0.05, 0.1) is 12.2 Å². The molecule has 0 aromatic heterocycles. The van der Waals surface area contributed by atoms with Gasteiger partial charge in [-0.2, -0.15) is 0 Å². The van der Waals surface area contributed by atoms with Crippen molar-refractivity contribution in [1.29, 1.82) is 0 Å². The number of nitrogens with zero attached hydrogens (tertiary/aromatic N) is 1. The van der Waals surface area contributed by atoms with Crippen LogP contribution in [-0.4, -0.2) is 43.4 Å². The maximum Gasteiger partial charge on any atom is 0.191 e. The molecule has 3 unspecified atom stereocenters. The molecule has 1 aliphatic rings. The lowest BCUT2D eigenvalue weighted by Crippen LogP contribution is -2.38. The third-order valence-corrected chi connectivity index (χ3v) is 4.70. The number of guanidine groups is 1. The Morgan fingerprint density at radius 1 is 1.27 bits per heavy atom. The number of rotatable bonds is 9. The molecule has 0 spiro atoms. The van der Waals surface area contributed by atoms with Crippen molar-refractivity contribution in [3.63, 3.8) is 0 Å². The molecule has 2 rings (SSSR count). The number of aliphatic imine (C=N–C) groups is 1. The van der Waals surface area contributed by atoms with Crippen molar-refractivity contribution in [2.45, 2.75) is 51.7 Å². The number of aliphatic hydroxyl groups is 1. The molecule has 5 nitrogen and oxygen atoms in total. The van der Waals surface area contributed by atoms with Crippen molar-refractivity contribution < 1.29 is 9.84 Å². The summed E-state index contributed by atoms with van der Waals surface area (Å²) in [5.41, 5.74) is 1.21. The predicted octanol–water partition coefficient (Wildman–Crippen LogP) is 3.49. The zero-order valence-electron chi connectivity index (χ0n) is 16.0. The molecule has 1 aliphatic carbocycles. The Morgan fingerprint density at radius 3 is 2.69 bits per heavy atom. The number of nitrogens with one attached hydrogen (secondary N) is 2. The van der Waals surface area contributed by atoms with Gasteiger partial charge in [0, 0.05) is 32.2 Å². The van der Waals surface area contributed by atoms with E-state index in [-0.39, 0.29) is 36.2 Å². The van der Waals surface area contributed by atoms with Crippen LogP contribution in [0, 0.1) is 5.92 Å². The largest absolute Gasteiger partial charge is 0.393 e. The number of halogens is 1. The van der Waals surface area contributed by atoms with Crippen molar-refractivity contribution in [2.75, 3.05) is 26.2 Å². The number of aliphatic hydroxyl groups excluding tert-OH is 1. The van der Waals surface area contributed by atoms with Gasteiger partial charge in [0.2, 0.25) is 0 Å². The molecule has 0 aliphatic heterocycles. The lowest BCUT2D eigenvalue weighted by Gasteiger charge is -2.16. The van der Waals surface area contributed by atoms with Crippen LogP contribution in [0.2, 0.25) is 0 Å². The van der Waals surface area contributed by atoms with Crippen LogP contribution in [0.4, 0.5) is 0 Å². The average molecular weight is 475 g/mol. The zero-order valence-corrected chi connectivity index (χ0v) is 18.3. The monoisotopic (exact) mass is 475 g/mol. The Balaban J connectivity index is 0.00000338. The van der Waals surface area contributed by atoms with E-state index >= 15 is 0 Å². The van der Waals surface area contributed by atoms with E-state index in [1.807, 2.05) is 18.2 Å². The summed E-state index contributed by atoms with van der Waals surface area (Å²) < 4.78 is 5.89. The van der Waals surface area contributed by atoms with Crippen LogP contribution in [-0.2, 0) is 4.74 Å². The maximum absolute atomic E-state index is 9.90. The van der Waals surface area contributed by atoms with E-state index in [0.29, 0.717) is 19.1 Å². The molecule has 148 valence electrons. The first-order valence-corrected chi connectivity index (χ1v) is 9.57. The van der Waals surface area contributed by atoms with Crippen LogP contribution in [0.3, 0.4) is 0 Å². The molecule has 0 amide bonds. The second-order valence-electron chi connectivity index (χ2n) is 6.68. The van der Waals surface area contributed by atoms with E-state index in [2.05, 4.69) is 41.6 Å². The first-order chi connectivity index (χ1) is 12.2. The first kappa shape index (κ1) is 23.2. The Hall–Kier alpha value is -0.860. The summed E-state index contributed by atoms with van der Waals surface area (Å²) in [5, 5.41) is 16.5. The van der Waals surface area contributed by atoms with E-state index in [4.69, 9.17) is 4.74 Å². The third-order valence-electron chi connectivity index (χ3n) is 4.70. The summed E-state index contributed by atoms with van der Waals surface area (Å²) in [7, 11) is 0. The van der Waals surface area contributed by atoms with E-state index in [0.717, 1.165) is 44.7 Å². The second-order valence-corrected chi connectivity index (χ2v) is 6.68. The van der Waals surface area contributed by atoms with Crippen molar-refractivity contribution in [3.05, 3.63) is 35.9 Å². The Morgan fingerprint density at radius 2 is 2.04 bits per heavy atom. The summed E-state index contributed by atoms with van der Waals surface area (Å²) in [4.78, 5) is 4.62. The molecule has 0 bridgehead atoms. The fraction of sp³-hybridized carbons (Fsp3) is 0.650. The lowest BCUT2D eigenvalue weighted by atomic mass is 10.1. The van der Waals surface area contributed by atoms with Gasteiger partial charge < -0.3 is 20.5 Å². The molecule has 6 heteroatoms. The third kappa shape index (κ3) is 8.22. The van der Waals surface area contributed by atoms with E-state index in [1.54, 1.807) is 0 Å². The average Bonchev–Trinajstić information content (AvgIpc) is 3.04. The molecule has 1 aromatic rings. The van der Waals surface area contributed by atoms with Gasteiger partial charge in [-0.1, -0.05) is 36.8 Å². The summed E-state index contributed by atoms with van der Waals surface area (Å²) in [6.45, 7) is 7.20. The van der Waals surface area contributed by atoms with E-state index in [9.17, 15) is 5.11 Å². The number of hydrogen-bond acceptors (Lipinski definition) is 3. The fourth-order valence-electron chi connectivity index (χ4n) is 3.14. The Labute approximate surface area is 175 Å². The van der Waals surface area contributed by atoms with Gasteiger partial charge in [-0.3, -0.25) is 4.99 Å². The molecular weight excluding hydrogens is 441 g/mol. The minimum Gasteiger partial charge on any atom is -0.393 e. The molecule has 1 fully saturated rings. The first-order valence-electron chi connectivity index (χ1n) is 9.57. The molecule has 0 heterocycles. The zero-order chi connectivity index (χ0) is 17.9. The molecule has 0 radical (unpaired) electrons. The SMILES string of the molecule is CCNC(=NCC1CCCC1O)NCCCOC(C)c1ccccc1.I. The highest BCUT2D eigenvalue weighted by molar-refractivity contribution is 14.0. The van der Waals surface area contributed by atoms with Crippen LogP contribution < -0.4 is 10.6 Å². The quantitative estimate of drug-likeness (QED) is 0.222. The van der Waals surface area contributed by atoms with Crippen molar-refractivity contribution in [1.82, 2.24) is 10.6 Å². The summed E-state index contributed by atoms with van der Waals surface area (Å²) in [5.74, 6) is 1.14. The standard InChI is InChI=1S/C20H33N3O2.HI/c1-3-21-20(23-15-18-11-7-12-19(18)24)22-13-8-14-25-16(2)17-9-5-4-6-10-17;/h4-6,9-10,16,18-19,24H,3,7-8,11-15H2,1-2H3,(H2,21,22,23);1H. The normalized spacial score (nSPS) is 21.1. The maximum atomic E-state index is 9.90. The number of benzene rings is 1. The minimum absolute atomic E-state index is 0. The van der Waals surface area contributed by atoms with Crippen LogP contribution >= 0.6 is 24.0 Å². The van der Waals surface area contributed by atoms with E-state index in [1.165, 1.54) is 5.56 Å². The predicted molar refractivity (Wildman–Crippen MR) is 118 cm³/mol. The molecule has 3 N–H and O–H groups in total. The topological polar surface area (TPSA) is 65.9 Å². The van der Waals surface area contributed by atoms with Crippen LogP contribution in [0.15, 0.2) is 35.3 Å². The summed E-state index contributed by atoms with van der Waals surface area (Å²) in [6.07, 6.45) is 3.97. The number of hydrogen-bond donors (Lipinski definition) is 3. The smallest absolute Gasteiger partial charge is 0.191 e. The van der Waals surface area contributed by atoms with Crippen LogP contribution in [0.25, 0.3) is 0 Å². The van der Waals surface area contributed by atoms with Gasteiger partial charge in [0.25, 0.3) is 0 Å². The molecule has 26 heavy (non-hydrogen) atoms.